The molecule has 3 aromatic rings. The first kappa shape index (κ1) is 19.9. The van der Waals surface area contributed by atoms with Crippen LogP contribution < -0.4 is 10.1 Å². The predicted molar refractivity (Wildman–Crippen MR) is 112 cm³/mol. The molecule has 0 saturated heterocycles. The minimum atomic E-state index is -0.0771. The number of aromatic nitrogens is 3. The van der Waals surface area contributed by atoms with Crippen LogP contribution in [0.3, 0.4) is 0 Å². The van der Waals surface area contributed by atoms with E-state index >= 15 is 0 Å². The Morgan fingerprint density at radius 1 is 1.14 bits per heavy atom. The first-order valence-corrected chi connectivity index (χ1v) is 9.99. The molecular formula is C21H24N4O2S. The van der Waals surface area contributed by atoms with Gasteiger partial charge >= 0.3 is 0 Å². The minimum Gasteiger partial charge on any atom is -0.485 e. The van der Waals surface area contributed by atoms with Gasteiger partial charge in [-0.1, -0.05) is 36.0 Å². The Hall–Kier alpha value is -2.80. The second kappa shape index (κ2) is 8.93. The number of ether oxygens (including phenoxy) is 1. The molecule has 0 unspecified atom stereocenters. The lowest BCUT2D eigenvalue weighted by Crippen LogP contribution is -2.14. The highest BCUT2D eigenvalue weighted by Crippen LogP contribution is 2.22. The Balaban J connectivity index is 1.55. The summed E-state index contributed by atoms with van der Waals surface area (Å²) in [7, 11) is 1.88. The zero-order valence-corrected chi connectivity index (χ0v) is 17.3. The van der Waals surface area contributed by atoms with E-state index in [1.807, 2.05) is 61.9 Å². The van der Waals surface area contributed by atoms with Crippen molar-refractivity contribution in [3.8, 4) is 5.75 Å². The standard InChI is InChI=1S/C21H24N4O2S/c1-14-7-5-9-17(11-14)22-20(26)13-28-21-24-23-19(25(21)4)12-27-18-10-6-8-15(2)16(18)3/h5-11H,12-13H2,1-4H3,(H,22,26). The monoisotopic (exact) mass is 396 g/mol. The molecule has 1 N–H and O–H groups in total. The van der Waals surface area contributed by atoms with Crippen LogP contribution in [0.5, 0.6) is 5.75 Å². The molecule has 0 radical (unpaired) electrons. The van der Waals surface area contributed by atoms with Crippen molar-refractivity contribution < 1.29 is 9.53 Å². The molecule has 0 fully saturated rings. The van der Waals surface area contributed by atoms with Gasteiger partial charge in [-0.05, 0) is 55.7 Å². The highest BCUT2D eigenvalue weighted by atomic mass is 32.2. The summed E-state index contributed by atoms with van der Waals surface area (Å²) in [5, 5.41) is 11.9. The van der Waals surface area contributed by atoms with E-state index in [0.717, 1.165) is 22.6 Å². The Morgan fingerprint density at radius 2 is 1.93 bits per heavy atom. The molecule has 0 aliphatic carbocycles. The summed E-state index contributed by atoms with van der Waals surface area (Å²) >= 11 is 1.35. The number of rotatable bonds is 7. The molecule has 0 atom stereocenters. The van der Waals surface area contributed by atoms with Gasteiger partial charge in [0.05, 0.1) is 5.75 Å². The van der Waals surface area contributed by atoms with E-state index in [1.165, 1.54) is 17.3 Å². The SMILES string of the molecule is Cc1cccc(NC(=O)CSc2nnc(COc3cccc(C)c3C)n2C)c1. The Kier molecular flexibility index (Phi) is 6.36. The topological polar surface area (TPSA) is 69.0 Å². The zero-order chi connectivity index (χ0) is 20.1. The lowest BCUT2D eigenvalue weighted by atomic mass is 10.1. The lowest BCUT2D eigenvalue weighted by molar-refractivity contribution is -0.113. The van der Waals surface area contributed by atoms with E-state index < -0.39 is 0 Å². The molecule has 1 amide bonds. The van der Waals surface area contributed by atoms with Gasteiger partial charge in [0.1, 0.15) is 12.4 Å². The Labute approximate surface area is 169 Å². The molecule has 0 saturated carbocycles. The minimum absolute atomic E-state index is 0.0771. The third-order valence-corrected chi connectivity index (χ3v) is 5.49. The number of carbonyl (C=O) groups is 1. The normalized spacial score (nSPS) is 10.7. The molecule has 0 aliphatic heterocycles. The van der Waals surface area contributed by atoms with Crippen molar-refractivity contribution in [1.29, 1.82) is 0 Å². The maximum absolute atomic E-state index is 12.2. The number of benzene rings is 2. The molecule has 6 nitrogen and oxygen atoms in total. The second-order valence-corrected chi connectivity index (χ2v) is 7.59. The van der Waals surface area contributed by atoms with Gasteiger partial charge < -0.3 is 14.6 Å². The highest BCUT2D eigenvalue weighted by Gasteiger charge is 2.13. The summed E-state index contributed by atoms with van der Waals surface area (Å²) in [5.41, 5.74) is 4.21. The molecular weight excluding hydrogens is 372 g/mol. The fraction of sp³-hybridized carbons (Fsp3) is 0.286. The fourth-order valence-corrected chi connectivity index (χ4v) is 3.40. The number of thioether (sulfide) groups is 1. The van der Waals surface area contributed by atoms with E-state index in [4.69, 9.17) is 4.74 Å². The summed E-state index contributed by atoms with van der Waals surface area (Å²) in [6.45, 7) is 6.41. The van der Waals surface area contributed by atoms with Crippen LogP contribution in [0.15, 0.2) is 47.6 Å². The van der Waals surface area contributed by atoms with Crippen molar-refractivity contribution >= 4 is 23.4 Å². The summed E-state index contributed by atoms with van der Waals surface area (Å²) in [6.07, 6.45) is 0. The van der Waals surface area contributed by atoms with Crippen LogP contribution in [0.4, 0.5) is 5.69 Å². The van der Waals surface area contributed by atoms with Gasteiger partial charge in [0.25, 0.3) is 0 Å². The third kappa shape index (κ3) is 4.92. The van der Waals surface area contributed by atoms with E-state index in [2.05, 4.69) is 28.5 Å². The molecule has 28 heavy (non-hydrogen) atoms. The molecule has 7 heteroatoms. The number of amides is 1. The predicted octanol–water partition coefficient (Wildman–Crippen LogP) is 4.05. The largest absolute Gasteiger partial charge is 0.485 e. The van der Waals surface area contributed by atoms with Gasteiger partial charge in [0, 0.05) is 12.7 Å². The molecule has 2 aromatic carbocycles. The van der Waals surface area contributed by atoms with Crippen molar-refractivity contribution in [1.82, 2.24) is 14.8 Å². The van der Waals surface area contributed by atoms with Gasteiger partial charge in [-0.15, -0.1) is 10.2 Å². The zero-order valence-electron chi connectivity index (χ0n) is 16.5. The maximum Gasteiger partial charge on any atom is 0.234 e. The van der Waals surface area contributed by atoms with Crippen LogP contribution in [-0.2, 0) is 18.4 Å². The summed E-state index contributed by atoms with van der Waals surface area (Å²) < 4.78 is 7.76. The van der Waals surface area contributed by atoms with E-state index in [0.29, 0.717) is 17.6 Å². The fourth-order valence-electron chi connectivity index (χ4n) is 2.67. The van der Waals surface area contributed by atoms with Crippen LogP contribution in [0.2, 0.25) is 0 Å². The molecule has 0 aliphatic rings. The molecule has 146 valence electrons. The second-order valence-electron chi connectivity index (χ2n) is 6.65. The quantitative estimate of drug-likeness (QED) is 0.610. The first-order valence-electron chi connectivity index (χ1n) is 9.00. The number of hydrogen-bond donors (Lipinski definition) is 1. The van der Waals surface area contributed by atoms with Crippen LogP contribution in [0, 0.1) is 20.8 Å². The Morgan fingerprint density at radius 3 is 2.71 bits per heavy atom. The number of anilines is 1. The number of nitrogens with one attached hydrogen (secondary N) is 1. The van der Waals surface area contributed by atoms with Crippen LogP contribution in [0.1, 0.15) is 22.5 Å². The molecule has 0 bridgehead atoms. The number of carbonyl (C=O) groups excluding carboxylic acids is 1. The maximum atomic E-state index is 12.2. The van der Waals surface area contributed by atoms with Gasteiger partial charge in [-0.25, -0.2) is 0 Å². The van der Waals surface area contributed by atoms with Crippen LogP contribution in [0.25, 0.3) is 0 Å². The summed E-state index contributed by atoms with van der Waals surface area (Å²) in [5.74, 6) is 1.74. The number of nitrogens with zero attached hydrogens (tertiary/aromatic N) is 3. The van der Waals surface area contributed by atoms with Gasteiger partial charge in [0.2, 0.25) is 5.91 Å². The number of aryl methyl sites for hydroxylation is 2. The average molecular weight is 397 g/mol. The molecule has 1 aromatic heterocycles. The van der Waals surface area contributed by atoms with Gasteiger partial charge in [-0.3, -0.25) is 4.79 Å². The Bertz CT molecular complexity index is 984. The average Bonchev–Trinajstić information content (AvgIpc) is 3.01. The van der Waals surface area contributed by atoms with E-state index in [1.54, 1.807) is 0 Å². The van der Waals surface area contributed by atoms with Crippen molar-refractivity contribution in [3.05, 3.63) is 65.0 Å². The third-order valence-electron chi connectivity index (χ3n) is 4.47. The molecule has 3 rings (SSSR count). The van der Waals surface area contributed by atoms with E-state index in [9.17, 15) is 4.79 Å². The first-order chi connectivity index (χ1) is 13.4. The molecule has 0 spiro atoms. The van der Waals surface area contributed by atoms with Crippen molar-refractivity contribution in [2.45, 2.75) is 32.5 Å². The molecule has 1 heterocycles. The van der Waals surface area contributed by atoms with Gasteiger partial charge in [-0.2, -0.15) is 0 Å². The van der Waals surface area contributed by atoms with Crippen molar-refractivity contribution in [3.63, 3.8) is 0 Å². The van der Waals surface area contributed by atoms with E-state index in [-0.39, 0.29) is 11.7 Å². The summed E-state index contributed by atoms with van der Waals surface area (Å²) in [4.78, 5) is 12.2. The van der Waals surface area contributed by atoms with Crippen molar-refractivity contribution in [2.75, 3.05) is 11.1 Å². The lowest BCUT2D eigenvalue weighted by Gasteiger charge is -2.10. The van der Waals surface area contributed by atoms with Crippen molar-refractivity contribution in [2.24, 2.45) is 7.05 Å². The van der Waals surface area contributed by atoms with Crippen LogP contribution in [-0.4, -0.2) is 26.4 Å². The van der Waals surface area contributed by atoms with Gasteiger partial charge in [0.15, 0.2) is 11.0 Å². The number of hydrogen-bond acceptors (Lipinski definition) is 5. The smallest absolute Gasteiger partial charge is 0.234 e. The van der Waals surface area contributed by atoms with Crippen LogP contribution >= 0.6 is 11.8 Å². The summed E-state index contributed by atoms with van der Waals surface area (Å²) in [6, 6.07) is 13.7. The highest BCUT2D eigenvalue weighted by molar-refractivity contribution is 7.99.